The first-order chi connectivity index (χ1) is 7.12. The molecule has 0 bridgehead atoms. The quantitative estimate of drug-likeness (QED) is 0.638. The third-order valence-corrected chi connectivity index (χ3v) is 2.46. The average Bonchev–Trinajstić information content (AvgIpc) is 1.65. The molecule has 0 unspecified atom stereocenters. The predicted molar refractivity (Wildman–Crippen MR) is 77.4 cm³/mol. The molecule has 0 aromatic carbocycles. The van der Waals surface area contributed by atoms with Gasteiger partial charge in [0.2, 0.25) is 0 Å². The Bertz CT molecular complexity index is 209. The van der Waals surface area contributed by atoms with Gasteiger partial charge in [-0.25, -0.2) is 0 Å². The number of hydrogen-bond donors (Lipinski definition) is 0. The third kappa shape index (κ3) is 9.64. The van der Waals surface area contributed by atoms with Crippen LogP contribution in [0.3, 0.4) is 0 Å². The molecule has 0 aromatic heterocycles. The van der Waals surface area contributed by atoms with Gasteiger partial charge >= 0.3 is 0 Å². The maximum Gasteiger partial charge on any atom is 0.0638 e. The zero-order chi connectivity index (χ0) is 14.1. The molecule has 0 aliphatic rings. The first kappa shape index (κ1) is 17.0. The van der Waals surface area contributed by atoms with Crippen LogP contribution in [0.25, 0.3) is 0 Å². The highest BCUT2D eigenvalue weighted by Crippen LogP contribution is 2.37. The van der Waals surface area contributed by atoms with Gasteiger partial charge in [0.15, 0.2) is 0 Å². The van der Waals surface area contributed by atoms with Crippen molar-refractivity contribution in [2.75, 3.05) is 0 Å². The fraction of sp³-hybridized carbons (Fsp3) is 1.00. The molecule has 0 rings (SSSR count). The Kier molecular flexibility index (Phi) is 4.90. The Hall–Kier alpha value is -0.0400. The van der Waals surface area contributed by atoms with Crippen molar-refractivity contribution in [3.05, 3.63) is 0 Å². The molecule has 0 N–H and O–H groups in total. The molecule has 17 heavy (non-hydrogen) atoms. The van der Waals surface area contributed by atoms with Gasteiger partial charge in [-0.1, -0.05) is 41.5 Å². The lowest BCUT2D eigenvalue weighted by atomic mass is 9.81. The fourth-order valence-corrected chi connectivity index (χ4v) is 3.37. The molecule has 0 aliphatic carbocycles. The molecule has 1 heteroatoms. The van der Waals surface area contributed by atoms with Gasteiger partial charge < -0.3 is 4.74 Å². The Morgan fingerprint density at radius 2 is 0.765 bits per heavy atom. The van der Waals surface area contributed by atoms with Crippen molar-refractivity contribution in [2.45, 2.75) is 93.3 Å². The van der Waals surface area contributed by atoms with Crippen molar-refractivity contribution in [1.82, 2.24) is 0 Å². The van der Waals surface area contributed by atoms with E-state index in [9.17, 15) is 0 Å². The summed E-state index contributed by atoms with van der Waals surface area (Å²) in [5, 5.41) is 0. The van der Waals surface area contributed by atoms with Gasteiger partial charge in [-0.2, -0.15) is 0 Å². The molecule has 0 aromatic rings. The molecule has 0 saturated carbocycles. The van der Waals surface area contributed by atoms with Gasteiger partial charge in [0, 0.05) is 0 Å². The molecule has 1 nitrogen and oxygen atoms in total. The van der Waals surface area contributed by atoms with Gasteiger partial charge in [0.05, 0.1) is 11.2 Å². The highest BCUT2D eigenvalue weighted by Gasteiger charge is 2.34. The van der Waals surface area contributed by atoms with Crippen LogP contribution in [0, 0.1) is 10.8 Å². The molecule has 0 aliphatic heterocycles. The summed E-state index contributed by atoms with van der Waals surface area (Å²) < 4.78 is 6.38. The van der Waals surface area contributed by atoms with Gasteiger partial charge in [0.25, 0.3) is 0 Å². The standard InChI is InChI=1S/C16H34O/c1-13(2,3)11-15(7,8)17-16(9,10)12-14(4,5)6/h11-12H2,1-10H3. The highest BCUT2D eigenvalue weighted by molar-refractivity contribution is 4.84. The predicted octanol–water partition coefficient (Wildman–Crippen LogP) is 5.43. The second-order valence-corrected chi connectivity index (χ2v) is 9.10. The molecule has 0 spiro atoms. The smallest absolute Gasteiger partial charge is 0.0638 e. The molecule has 0 heterocycles. The van der Waals surface area contributed by atoms with E-state index in [4.69, 9.17) is 4.74 Å². The molecular formula is C16H34O. The second-order valence-electron chi connectivity index (χ2n) is 9.10. The van der Waals surface area contributed by atoms with Crippen molar-refractivity contribution < 1.29 is 4.74 Å². The van der Waals surface area contributed by atoms with Gasteiger partial charge in [0.1, 0.15) is 0 Å². The van der Waals surface area contributed by atoms with E-state index in [-0.39, 0.29) is 11.2 Å². The first-order valence-electron chi connectivity index (χ1n) is 6.82. The molecule has 104 valence electrons. The monoisotopic (exact) mass is 242 g/mol. The molecule has 0 radical (unpaired) electrons. The minimum Gasteiger partial charge on any atom is -0.370 e. The van der Waals surface area contributed by atoms with Crippen LogP contribution in [0.2, 0.25) is 0 Å². The Morgan fingerprint density at radius 3 is 0.941 bits per heavy atom. The Morgan fingerprint density at radius 1 is 0.529 bits per heavy atom. The largest absolute Gasteiger partial charge is 0.370 e. The maximum absolute atomic E-state index is 6.38. The summed E-state index contributed by atoms with van der Waals surface area (Å²) >= 11 is 0. The summed E-state index contributed by atoms with van der Waals surface area (Å²) in [6.45, 7) is 22.5. The normalized spacial score (nSPS) is 15.2. The average molecular weight is 242 g/mol. The molecule has 0 amide bonds. The lowest BCUT2D eigenvalue weighted by molar-refractivity contribution is -0.149. The van der Waals surface area contributed by atoms with E-state index in [2.05, 4.69) is 69.2 Å². The van der Waals surface area contributed by atoms with Crippen molar-refractivity contribution in [3.8, 4) is 0 Å². The van der Waals surface area contributed by atoms with E-state index in [1.165, 1.54) is 0 Å². The maximum atomic E-state index is 6.38. The topological polar surface area (TPSA) is 9.23 Å². The second kappa shape index (κ2) is 4.91. The van der Waals surface area contributed by atoms with Crippen LogP contribution in [-0.2, 0) is 4.74 Å². The van der Waals surface area contributed by atoms with Crippen molar-refractivity contribution in [1.29, 1.82) is 0 Å². The van der Waals surface area contributed by atoms with E-state index in [1.807, 2.05) is 0 Å². The van der Waals surface area contributed by atoms with Crippen LogP contribution >= 0.6 is 0 Å². The summed E-state index contributed by atoms with van der Waals surface area (Å²) in [6.07, 6.45) is 2.15. The summed E-state index contributed by atoms with van der Waals surface area (Å²) in [6, 6.07) is 0. The fourth-order valence-electron chi connectivity index (χ4n) is 3.37. The number of ether oxygens (including phenoxy) is 1. The summed E-state index contributed by atoms with van der Waals surface area (Å²) in [5.74, 6) is 0. The van der Waals surface area contributed by atoms with Gasteiger partial charge in [-0.05, 0) is 51.4 Å². The molecular weight excluding hydrogens is 208 g/mol. The van der Waals surface area contributed by atoms with E-state index >= 15 is 0 Å². The van der Waals surface area contributed by atoms with Crippen molar-refractivity contribution >= 4 is 0 Å². The van der Waals surface area contributed by atoms with Crippen LogP contribution in [0.5, 0.6) is 0 Å². The number of rotatable bonds is 4. The van der Waals surface area contributed by atoms with Gasteiger partial charge in [-0.15, -0.1) is 0 Å². The Labute approximate surface area is 109 Å². The first-order valence-corrected chi connectivity index (χ1v) is 6.82. The van der Waals surface area contributed by atoms with Crippen LogP contribution in [-0.4, -0.2) is 11.2 Å². The third-order valence-electron chi connectivity index (χ3n) is 2.46. The molecule has 0 fully saturated rings. The Balaban J connectivity index is 4.59. The van der Waals surface area contributed by atoms with Crippen LogP contribution < -0.4 is 0 Å². The van der Waals surface area contributed by atoms with E-state index in [1.54, 1.807) is 0 Å². The van der Waals surface area contributed by atoms with Crippen LogP contribution in [0.1, 0.15) is 82.1 Å². The van der Waals surface area contributed by atoms with Crippen molar-refractivity contribution in [2.24, 2.45) is 10.8 Å². The SMILES string of the molecule is CC(C)(C)CC(C)(C)OC(C)(C)CC(C)(C)C. The van der Waals surface area contributed by atoms with Crippen LogP contribution in [0.4, 0.5) is 0 Å². The minimum absolute atomic E-state index is 0.0625. The summed E-state index contributed by atoms with van der Waals surface area (Å²) in [4.78, 5) is 0. The highest BCUT2D eigenvalue weighted by atomic mass is 16.5. The summed E-state index contributed by atoms with van der Waals surface area (Å²) in [7, 11) is 0. The minimum atomic E-state index is -0.0625. The zero-order valence-electron chi connectivity index (χ0n) is 13.8. The van der Waals surface area contributed by atoms with Gasteiger partial charge in [-0.3, -0.25) is 0 Å². The summed E-state index contributed by atoms with van der Waals surface area (Å²) in [5.41, 5.74) is 0.489. The lowest BCUT2D eigenvalue weighted by Crippen LogP contribution is -2.41. The molecule has 0 saturated heterocycles. The van der Waals surface area contributed by atoms with E-state index < -0.39 is 0 Å². The van der Waals surface area contributed by atoms with E-state index in [0.717, 1.165) is 12.8 Å². The van der Waals surface area contributed by atoms with Crippen LogP contribution in [0.15, 0.2) is 0 Å². The molecule has 0 atom stereocenters. The lowest BCUT2D eigenvalue weighted by Gasteiger charge is -2.42. The number of hydrogen-bond acceptors (Lipinski definition) is 1. The van der Waals surface area contributed by atoms with Crippen molar-refractivity contribution in [3.63, 3.8) is 0 Å². The zero-order valence-corrected chi connectivity index (χ0v) is 13.8. The van der Waals surface area contributed by atoms with E-state index in [0.29, 0.717) is 10.8 Å².